The minimum atomic E-state index is -0.351. The summed E-state index contributed by atoms with van der Waals surface area (Å²) in [6.45, 7) is 2.17. The van der Waals surface area contributed by atoms with Crippen LogP contribution in [0.1, 0.15) is 31.0 Å². The molecule has 0 unspecified atom stereocenters. The smallest absolute Gasteiger partial charge is 0.234 e. The molecule has 1 heterocycles. The molecule has 0 bridgehead atoms. The van der Waals surface area contributed by atoms with Crippen LogP contribution in [0.2, 0.25) is 0 Å². The van der Waals surface area contributed by atoms with Crippen LogP contribution < -0.4 is 10.6 Å². The summed E-state index contributed by atoms with van der Waals surface area (Å²) in [6, 6.07) is 13.5. The number of thiazole rings is 1. The van der Waals surface area contributed by atoms with Crippen molar-refractivity contribution in [2.24, 2.45) is 0 Å². The molecule has 0 fully saturated rings. The van der Waals surface area contributed by atoms with Crippen LogP contribution in [0, 0.1) is 5.82 Å². The van der Waals surface area contributed by atoms with E-state index in [-0.39, 0.29) is 29.8 Å². The van der Waals surface area contributed by atoms with Crippen LogP contribution in [-0.4, -0.2) is 22.6 Å². The lowest BCUT2D eigenvalue weighted by Gasteiger charge is -2.06. The molecule has 0 atom stereocenters. The van der Waals surface area contributed by atoms with Crippen LogP contribution >= 0.6 is 23.1 Å². The van der Waals surface area contributed by atoms with Gasteiger partial charge in [-0.2, -0.15) is 0 Å². The molecule has 3 aromatic rings. The van der Waals surface area contributed by atoms with Gasteiger partial charge in [-0.15, -0.1) is 11.3 Å². The average molecular weight is 458 g/mol. The fraction of sp³-hybridized carbons (Fsp3) is 0.261. The first-order valence-electron chi connectivity index (χ1n) is 10.0. The van der Waals surface area contributed by atoms with Gasteiger partial charge in [-0.3, -0.25) is 9.59 Å². The monoisotopic (exact) mass is 457 g/mol. The maximum atomic E-state index is 12.9. The standard InChI is InChI=1S/C23H24FN3O2S2/c1-2-3-4-16-5-9-18(10-6-16)25-21(28)13-20-14-30-23(27-20)31-15-22(29)26-19-11-7-17(24)8-12-19/h5-12,14H,2-4,13,15H2,1H3,(H,25,28)(H,26,29). The van der Waals surface area contributed by atoms with Gasteiger partial charge in [-0.25, -0.2) is 9.37 Å². The lowest BCUT2D eigenvalue weighted by molar-refractivity contribution is -0.116. The molecule has 5 nitrogen and oxygen atoms in total. The topological polar surface area (TPSA) is 71.1 Å². The molecule has 2 N–H and O–H groups in total. The van der Waals surface area contributed by atoms with Gasteiger partial charge in [-0.1, -0.05) is 37.2 Å². The number of nitrogens with one attached hydrogen (secondary N) is 2. The first-order valence-corrected chi connectivity index (χ1v) is 11.9. The van der Waals surface area contributed by atoms with E-state index in [0.29, 0.717) is 11.4 Å². The van der Waals surface area contributed by atoms with E-state index in [4.69, 9.17) is 0 Å². The highest BCUT2D eigenvalue weighted by molar-refractivity contribution is 8.01. The van der Waals surface area contributed by atoms with Gasteiger partial charge in [0.25, 0.3) is 0 Å². The van der Waals surface area contributed by atoms with Crippen LogP contribution in [0.4, 0.5) is 15.8 Å². The highest BCUT2D eigenvalue weighted by Gasteiger charge is 2.11. The predicted molar refractivity (Wildman–Crippen MR) is 125 cm³/mol. The Hall–Kier alpha value is -2.71. The number of anilines is 2. The number of unbranched alkanes of at least 4 members (excludes halogenated alkanes) is 1. The second kappa shape index (κ2) is 11.6. The number of thioether (sulfide) groups is 1. The predicted octanol–water partition coefficient (Wildman–Crippen LogP) is 5.54. The molecule has 0 aliphatic heterocycles. The molecule has 0 aliphatic rings. The maximum Gasteiger partial charge on any atom is 0.234 e. The number of nitrogens with zero attached hydrogens (tertiary/aromatic N) is 1. The van der Waals surface area contributed by atoms with Gasteiger partial charge in [0, 0.05) is 16.8 Å². The maximum absolute atomic E-state index is 12.9. The zero-order valence-corrected chi connectivity index (χ0v) is 18.8. The summed E-state index contributed by atoms with van der Waals surface area (Å²) in [5.41, 5.74) is 3.25. The number of hydrogen-bond donors (Lipinski definition) is 2. The second-order valence-corrected chi connectivity index (χ2v) is 9.05. The van der Waals surface area contributed by atoms with E-state index < -0.39 is 0 Å². The molecule has 2 aromatic carbocycles. The summed E-state index contributed by atoms with van der Waals surface area (Å²) in [5.74, 6) is -0.498. The minimum absolute atomic E-state index is 0.128. The quantitative estimate of drug-likeness (QED) is 0.392. The van der Waals surface area contributed by atoms with Gasteiger partial charge in [0.1, 0.15) is 5.82 Å². The number of carbonyl (C=O) groups excluding carboxylic acids is 2. The van der Waals surface area contributed by atoms with Crippen molar-refractivity contribution in [1.82, 2.24) is 4.98 Å². The van der Waals surface area contributed by atoms with Crippen LogP contribution in [0.25, 0.3) is 0 Å². The van der Waals surface area contributed by atoms with Crippen molar-refractivity contribution in [1.29, 1.82) is 0 Å². The number of benzene rings is 2. The number of amides is 2. The summed E-state index contributed by atoms with van der Waals surface area (Å²) in [6.07, 6.45) is 3.54. The Labute approximate surface area is 189 Å². The molecule has 0 aliphatic carbocycles. The number of aromatic nitrogens is 1. The highest BCUT2D eigenvalue weighted by Crippen LogP contribution is 2.23. The molecular formula is C23H24FN3O2S2. The lowest BCUT2D eigenvalue weighted by atomic mass is 10.1. The number of aryl methyl sites for hydroxylation is 1. The summed E-state index contributed by atoms with van der Waals surface area (Å²) < 4.78 is 13.6. The Morgan fingerprint density at radius 1 is 1.00 bits per heavy atom. The van der Waals surface area contributed by atoms with E-state index in [2.05, 4.69) is 22.5 Å². The van der Waals surface area contributed by atoms with Gasteiger partial charge in [0.2, 0.25) is 11.8 Å². The van der Waals surface area contributed by atoms with Crippen molar-refractivity contribution in [3.63, 3.8) is 0 Å². The Kier molecular flexibility index (Phi) is 8.61. The fourth-order valence-electron chi connectivity index (χ4n) is 2.80. The van der Waals surface area contributed by atoms with Crippen molar-refractivity contribution >= 4 is 46.3 Å². The van der Waals surface area contributed by atoms with Crippen LogP contribution in [0.15, 0.2) is 58.3 Å². The van der Waals surface area contributed by atoms with Gasteiger partial charge in [0.15, 0.2) is 4.34 Å². The first-order chi connectivity index (χ1) is 15.0. The fourth-order valence-corrected chi connectivity index (χ4v) is 4.44. The minimum Gasteiger partial charge on any atom is -0.326 e. The normalized spacial score (nSPS) is 10.6. The van der Waals surface area contributed by atoms with Crippen molar-refractivity contribution in [2.45, 2.75) is 36.9 Å². The molecule has 0 radical (unpaired) electrons. The summed E-state index contributed by atoms with van der Waals surface area (Å²) in [5, 5.41) is 7.43. The second-order valence-electron chi connectivity index (χ2n) is 6.97. The van der Waals surface area contributed by atoms with E-state index in [0.717, 1.165) is 29.3 Å². The summed E-state index contributed by atoms with van der Waals surface area (Å²) in [7, 11) is 0. The molecule has 0 saturated heterocycles. The third-order valence-corrected chi connectivity index (χ3v) is 6.45. The third-order valence-electron chi connectivity index (χ3n) is 4.38. The third kappa shape index (κ3) is 7.80. The van der Waals surface area contributed by atoms with Crippen molar-refractivity contribution in [3.05, 3.63) is 71.0 Å². The lowest BCUT2D eigenvalue weighted by Crippen LogP contribution is -2.15. The molecular weight excluding hydrogens is 433 g/mol. The van der Waals surface area contributed by atoms with E-state index >= 15 is 0 Å². The molecule has 0 spiro atoms. The molecule has 1 aromatic heterocycles. The van der Waals surface area contributed by atoms with Crippen LogP contribution in [0.3, 0.4) is 0 Å². The first kappa shape index (κ1) is 23.0. The van der Waals surface area contributed by atoms with Gasteiger partial charge < -0.3 is 10.6 Å². The Balaban J connectivity index is 1.43. The van der Waals surface area contributed by atoms with E-state index in [1.807, 2.05) is 29.6 Å². The molecule has 31 heavy (non-hydrogen) atoms. The molecule has 162 valence electrons. The van der Waals surface area contributed by atoms with E-state index in [9.17, 15) is 14.0 Å². The average Bonchev–Trinajstić information content (AvgIpc) is 3.20. The Bertz CT molecular complexity index is 1000. The van der Waals surface area contributed by atoms with E-state index in [1.54, 1.807) is 0 Å². The van der Waals surface area contributed by atoms with Gasteiger partial charge in [0.05, 0.1) is 17.9 Å². The largest absolute Gasteiger partial charge is 0.326 e. The zero-order valence-electron chi connectivity index (χ0n) is 17.2. The highest BCUT2D eigenvalue weighted by atomic mass is 32.2. The molecule has 8 heteroatoms. The van der Waals surface area contributed by atoms with E-state index in [1.165, 1.54) is 52.9 Å². The van der Waals surface area contributed by atoms with Gasteiger partial charge in [-0.05, 0) is 54.8 Å². The SMILES string of the molecule is CCCCc1ccc(NC(=O)Cc2csc(SCC(=O)Nc3ccc(F)cc3)n2)cc1. The van der Waals surface area contributed by atoms with Crippen LogP contribution in [-0.2, 0) is 22.4 Å². The van der Waals surface area contributed by atoms with Crippen molar-refractivity contribution in [2.75, 3.05) is 16.4 Å². The van der Waals surface area contributed by atoms with Crippen LogP contribution in [0.5, 0.6) is 0 Å². The number of rotatable bonds is 10. The molecule has 2 amide bonds. The Morgan fingerprint density at radius 3 is 2.32 bits per heavy atom. The number of halogens is 1. The number of carbonyl (C=O) groups is 2. The molecule has 0 saturated carbocycles. The zero-order chi connectivity index (χ0) is 22.1. The Morgan fingerprint density at radius 2 is 1.65 bits per heavy atom. The summed E-state index contributed by atoms with van der Waals surface area (Å²) in [4.78, 5) is 28.7. The molecule has 3 rings (SSSR count). The van der Waals surface area contributed by atoms with Crippen molar-refractivity contribution in [3.8, 4) is 0 Å². The number of hydrogen-bond acceptors (Lipinski definition) is 5. The van der Waals surface area contributed by atoms with Crippen molar-refractivity contribution < 1.29 is 14.0 Å². The summed E-state index contributed by atoms with van der Waals surface area (Å²) >= 11 is 2.70. The van der Waals surface area contributed by atoms with Gasteiger partial charge >= 0.3 is 0 Å².